The van der Waals surface area contributed by atoms with Gasteiger partial charge in [-0.15, -0.1) is 0 Å². The highest BCUT2D eigenvalue weighted by Crippen LogP contribution is 2.23. The Morgan fingerprint density at radius 1 is 1.27 bits per heavy atom. The SMILES string of the molecule is O=CCOc1nc2ccccc2nc1Br. The molecule has 0 aliphatic rings. The van der Waals surface area contributed by atoms with Gasteiger partial charge in [-0.2, -0.15) is 0 Å². The van der Waals surface area contributed by atoms with Gasteiger partial charge in [-0.25, -0.2) is 9.97 Å². The molecule has 1 aromatic carbocycles. The molecule has 0 unspecified atom stereocenters. The van der Waals surface area contributed by atoms with Crippen LogP contribution in [0.2, 0.25) is 0 Å². The molecule has 0 radical (unpaired) electrons. The van der Waals surface area contributed by atoms with Crippen molar-refractivity contribution in [3.63, 3.8) is 0 Å². The molecule has 0 fully saturated rings. The lowest BCUT2D eigenvalue weighted by molar-refractivity contribution is -0.109. The summed E-state index contributed by atoms with van der Waals surface area (Å²) < 4.78 is 5.61. The van der Waals surface area contributed by atoms with Crippen molar-refractivity contribution in [2.24, 2.45) is 0 Å². The number of carbonyl (C=O) groups excluding carboxylic acids is 1. The van der Waals surface area contributed by atoms with Crippen LogP contribution >= 0.6 is 15.9 Å². The van der Waals surface area contributed by atoms with E-state index in [1.54, 1.807) is 0 Å². The molecule has 2 aromatic rings. The minimum absolute atomic E-state index is 0.0222. The van der Waals surface area contributed by atoms with Crippen molar-refractivity contribution in [1.29, 1.82) is 0 Å². The maximum absolute atomic E-state index is 10.2. The fourth-order valence-corrected chi connectivity index (χ4v) is 1.56. The molecule has 0 saturated heterocycles. The molecule has 2 rings (SSSR count). The van der Waals surface area contributed by atoms with Gasteiger partial charge in [-0.1, -0.05) is 12.1 Å². The lowest BCUT2D eigenvalue weighted by Gasteiger charge is -2.04. The van der Waals surface area contributed by atoms with Crippen molar-refractivity contribution >= 4 is 33.2 Å². The lowest BCUT2D eigenvalue weighted by Crippen LogP contribution is -2.01. The van der Waals surface area contributed by atoms with Crippen molar-refractivity contribution < 1.29 is 9.53 Å². The molecule has 0 saturated carbocycles. The van der Waals surface area contributed by atoms with Crippen LogP contribution in [0.25, 0.3) is 11.0 Å². The molecule has 1 heterocycles. The summed E-state index contributed by atoms with van der Waals surface area (Å²) in [4.78, 5) is 18.6. The highest BCUT2D eigenvalue weighted by Gasteiger charge is 2.06. The Bertz CT molecular complexity index is 502. The third kappa shape index (κ3) is 2.12. The molecular formula is C10H7BrN2O2. The van der Waals surface area contributed by atoms with Crippen molar-refractivity contribution in [1.82, 2.24) is 9.97 Å². The first-order valence-electron chi connectivity index (χ1n) is 4.30. The van der Waals surface area contributed by atoms with E-state index >= 15 is 0 Å². The molecular weight excluding hydrogens is 260 g/mol. The van der Waals surface area contributed by atoms with E-state index in [9.17, 15) is 4.79 Å². The zero-order valence-corrected chi connectivity index (χ0v) is 9.27. The van der Waals surface area contributed by atoms with Crippen LogP contribution in [0.15, 0.2) is 28.9 Å². The van der Waals surface area contributed by atoms with Gasteiger partial charge in [0, 0.05) is 0 Å². The molecule has 76 valence electrons. The van der Waals surface area contributed by atoms with Crippen LogP contribution in [0, 0.1) is 0 Å². The van der Waals surface area contributed by atoms with Crippen molar-refractivity contribution in [2.75, 3.05) is 6.61 Å². The Labute approximate surface area is 94.4 Å². The summed E-state index contributed by atoms with van der Waals surface area (Å²) in [6.07, 6.45) is 0.670. The first-order chi connectivity index (χ1) is 7.31. The van der Waals surface area contributed by atoms with Gasteiger partial charge in [0.15, 0.2) is 10.9 Å². The fraction of sp³-hybridized carbons (Fsp3) is 0.100. The standard InChI is InChI=1S/C10H7BrN2O2/c11-9-10(15-6-5-14)13-8-4-2-1-3-7(8)12-9/h1-5H,6H2. The van der Waals surface area contributed by atoms with E-state index in [0.717, 1.165) is 11.0 Å². The van der Waals surface area contributed by atoms with Crippen LogP contribution in [-0.2, 0) is 4.79 Å². The number of fused-ring (bicyclic) bond motifs is 1. The number of nitrogens with zero attached hydrogens (tertiary/aromatic N) is 2. The Kier molecular flexibility index (Phi) is 2.91. The Hall–Kier alpha value is -1.49. The first kappa shape index (κ1) is 10.0. The highest BCUT2D eigenvalue weighted by molar-refractivity contribution is 9.10. The molecule has 0 bridgehead atoms. The zero-order valence-electron chi connectivity index (χ0n) is 7.68. The number of hydrogen-bond donors (Lipinski definition) is 0. The van der Waals surface area contributed by atoms with Gasteiger partial charge < -0.3 is 4.74 Å². The second-order valence-corrected chi connectivity index (χ2v) is 3.54. The van der Waals surface area contributed by atoms with Crippen LogP contribution in [0.4, 0.5) is 0 Å². The van der Waals surface area contributed by atoms with Gasteiger partial charge in [0.1, 0.15) is 6.61 Å². The predicted octanol–water partition coefficient (Wildman–Crippen LogP) is 1.97. The first-order valence-corrected chi connectivity index (χ1v) is 5.09. The topological polar surface area (TPSA) is 52.1 Å². The number of aromatic nitrogens is 2. The van der Waals surface area contributed by atoms with Crippen LogP contribution < -0.4 is 4.74 Å². The van der Waals surface area contributed by atoms with Gasteiger partial charge in [0.25, 0.3) is 0 Å². The fourth-order valence-electron chi connectivity index (χ4n) is 1.17. The molecule has 0 amide bonds. The summed E-state index contributed by atoms with van der Waals surface area (Å²) in [5.41, 5.74) is 1.52. The second kappa shape index (κ2) is 4.35. The molecule has 0 spiro atoms. The number of para-hydroxylation sites is 2. The van der Waals surface area contributed by atoms with E-state index in [1.165, 1.54) is 0 Å². The third-order valence-electron chi connectivity index (χ3n) is 1.79. The Balaban J connectivity index is 2.47. The number of halogens is 1. The second-order valence-electron chi connectivity index (χ2n) is 2.79. The van der Waals surface area contributed by atoms with E-state index < -0.39 is 0 Å². The van der Waals surface area contributed by atoms with E-state index in [4.69, 9.17) is 4.74 Å². The molecule has 0 aliphatic carbocycles. The maximum atomic E-state index is 10.2. The van der Waals surface area contributed by atoms with Crippen LogP contribution in [-0.4, -0.2) is 22.9 Å². The van der Waals surface area contributed by atoms with E-state index in [-0.39, 0.29) is 6.61 Å². The van der Waals surface area contributed by atoms with E-state index in [0.29, 0.717) is 16.8 Å². The van der Waals surface area contributed by atoms with Gasteiger partial charge in [0.2, 0.25) is 5.88 Å². The van der Waals surface area contributed by atoms with Gasteiger partial charge in [0.05, 0.1) is 11.0 Å². The molecule has 4 nitrogen and oxygen atoms in total. The molecule has 1 aromatic heterocycles. The number of carbonyl (C=O) groups is 1. The minimum atomic E-state index is -0.0222. The quantitative estimate of drug-likeness (QED) is 0.798. The van der Waals surface area contributed by atoms with E-state index in [2.05, 4.69) is 25.9 Å². The maximum Gasteiger partial charge on any atom is 0.248 e. The largest absolute Gasteiger partial charge is 0.468 e. The van der Waals surface area contributed by atoms with Crippen molar-refractivity contribution in [3.8, 4) is 5.88 Å². The zero-order chi connectivity index (χ0) is 10.7. The third-order valence-corrected chi connectivity index (χ3v) is 2.30. The van der Waals surface area contributed by atoms with Gasteiger partial charge in [-0.3, -0.25) is 4.79 Å². The monoisotopic (exact) mass is 266 g/mol. The normalized spacial score (nSPS) is 10.2. The minimum Gasteiger partial charge on any atom is -0.468 e. The van der Waals surface area contributed by atoms with E-state index in [1.807, 2.05) is 24.3 Å². The number of benzene rings is 1. The molecule has 0 N–H and O–H groups in total. The average molecular weight is 267 g/mol. The Morgan fingerprint density at radius 2 is 1.93 bits per heavy atom. The summed E-state index contributed by atoms with van der Waals surface area (Å²) in [5, 5.41) is 0. The number of rotatable bonds is 3. The molecule has 0 aliphatic heterocycles. The summed E-state index contributed by atoms with van der Waals surface area (Å²) in [7, 11) is 0. The van der Waals surface area contributed by atoms with Crippen LogP contribution in [0.3, 0.4) is 0 Å². The van der Waals surface area contributed by atoms with Crippen LogP contribution in [0.5, 0.6) is 5.88 Å². The van der Waals surface area contributed by atoms with Crippen molar-refractivity contribution in [3.05, 3.63) is 28.9 Å². The summed E-state index contributed by atoms with van der Waals surface area (Å²) in [6.45, 7) is -0.0222. The van der Waals surface area contributed by atoms with Crippen LogP contribution in [0.1, 0.15) is 0 Å². The number of aldehydes is 1. The Morgan fingerprint density at radius 3 is 2.60 bits per heavy atom. The highest BCUT2D eigenvalue weighted by atomic mass is 79.9. The van der Waals surface area contributed by atoms with Gasteiger partial charge >= 0.3 is 0 Å². The summed E-state index contributed by atoms with van der Waals surface area (Å²) in [6, 6.07) is 7.45. The summed E-state index contributed by atoms with van der Waals surface area (Å²) in [5.74, 6) is 0.334. The van der Waals surface area contributed by atoms with Gasteiger partial charge in [-0.05, 0) is 28.1 Å². The molecule has 5 heteroatoms. The number of ether oxygens (including phenoxy) is 1. The lowest BCUT2D eigenvalue weighted by atomic mass is 10.3. The number of hydrogen-bond acceptors (Lipinski definition) is 4. The predicted molar refractivity (Wildman–Crippen MR) is 58.8 cm³/mol. The summed E-state index contributed by atoms with van der Waals surface area (Å²) >= 11 is 3.23. The smallest absolute Gasteiger partial charge is 0.248 e. The average Bonchev–Trinajstić information content (AvgIpc) is 2.26. The molecule has 0 atom stereocenters. The molecule has 15 heavy (non-hydrogen) atoms. The van der Waals surface area contributed by atoms with Crippen molar-refractivity contribution in [2.45, 2.75) is 0 Å².